The van der Waals surface area contributed by atoms with Crippen molar-refractivity contribution in [3.63, 3.8) is 0 Å². The Morgan fingerprint density at radius 2 is 1.77 bits per heavy atom. The predicted molar refractivity (Wildman–Crippen MR) is 89.3 cm³/mol. The van der Waals surface area contributed by atoms with Gasteiger partial charge in [-0.1, -0.05) is 70.2 Å². The van der Waals surface area contributed by atoms with Gasteiger partial charge < -0.3 is 4.74 Å². The molecule has 0 aliphatic rings. The SMILES string of the molecule is Cc1ccc(C)c(COC(=O)c2nc(Cl)c(Cl)c(Cl)c2Cl)c1. The van der Waals surface area contributed by atoms with Crippen LogP contribution < -0.4 is 0 Å². The van der Waals surface area contributed by atoms with E-state index in [1.807, 2.05) is 32.0 Å². The third-order valence-corrected chi connectivity index (χ3v) is 4.72. The highest BCUT2D eigenvalue weighted by Gasteiger charge is 2.21. The molecule has 116 valence electrons. The molecule has 2 rings (SSSR count). The van der Waals surface area contributed by atoms with E-state index in [2.05, 4.69) is 4.98 Å². The fourth-order valence-electron chi connectivity index (χ4n) is 1.79. The van der Waals surface area contributed by atoms with Gasteiger partial charge >= 0.3 is 5.97 Å². The van der Waals surface area contributed by atoms with Crippen LogP contribution in [0.15, 0.2) is 18.2 Å². The van der Waals surface area contributed by atoms with Gasteiger partial charge in [0, 0.05) is 0 Å². The van der Waals surface area contributed by atoms with Crippen LogP contribution in [0, 0.1) is 13.8 Å². The quantitative estimate of drug-likeness (QED) is 0.510. The molecule has 1 aromatic carbocycles. The monoisotopic (exact) mass is 377 g/mol. The maximum absolute atomic E-state index is 12.1. The molecule has 0 fully saturated rings. The summed E-state index contributed by atoms with van der Waals surface area (Å²) >= 11 is 23.5. The summed E-state index contributed by atoms with van der Waals surface area (Å²) in [5.41, 5.74) is 2.83. The number of aromatic nitrogens is 1. The Labute approximate surface area is 148 Å². The molecular formula is C15H11Cl4NO2. The number of pyridine rings is 1. The first-order chi connectivity index (χ1) is 10.3. The molecule has 2 aromatic rings. The molecule has 1 heterocycles. The van der Waals surface area contributed by atoms with Crippen LogP contribution in [0.3, 0.4) is 0 Å². The van der Waals surface area contributed by atoms with Crippen LogP contribution in [0.2, 0.25) is 20.2 Å². The largest absolute Gasteiger partial charge is 0.456 e. The first kappa shape index (κ1) is 17.4. The van der Waals surface area contributed by atoms with Gasteiger partial charge in [-0.05, 0) is 25.0 Å². The Hall–Kier alpha value is -1.000. The lowest BCUT2D eigenvalue weighted by atomic mass is 10.1. The molecule has 7 heteroatoms. The van der Waals surface area contributed by atoms with Crippen LogP contribution in [0.1, 0.15) is 27.2 Å². The van der Waals surface area contributed by atoms with E-state index >= 15 is 0 Å². The zero-order valence-electron chi connectivity index (χ0n) is 11.7. The standard InChI is InChI=1S/C15H11Cl4NO2/c1-7-3-4-8(2)9(5-7)6-22-15(21)13-11(17)10(16)12(18)14(19)20-13/h3-5H,6H2,1-2H3. The summed E-state index contributed by atoms with van der Waals surface area (Å²) in [6.45, 7) is 3.99. The minimum absolute atomic E-state index is 0.000544. The highest BCUT2D eigenvalue weighted by atomic mass is 35.5. The van der Waals surface area contributed by atoms with Crippen LogP contribution in [-0.2, 0) is 11.3 Å². The third kappa shape index (κ3) is 3.66. The number of benzene rings is 1. The zero-order valence-corrected chi connectivity index (χ0v) is 14.7. The van der Waals surface area contributed by atoms with Crippen molar-refractivity contribution in [1.82, 2.24) is 4.98 Å². The first-order valence-corrected chi connectivity index (χ1v) is 7.75. The van der Waals surface area contributed by atoms with Crippen molar-refractivity contribution < 1.29 is 9.53 Å². The van der Waals surface area contributed by atoms with E-state index in [0.717, 1.165) is 16.7 Å². The summed E-state index contributed by atoms with van der Waals surface area (Å²) in [6, 6.07) is 5.89. The molecule has 0 bridgehead atoms. The summed E-state index contributed by atoms with van der Waals surface area (Å²) in [5, 5.41) is -0.210. The summed E-state index contributed by atoms with van der Waals surface area (Å²) in [6.07, 6.45) is 0. The summed E-state index contributed by atoms with van der Waals surface area (Å²) in [7, 11) is 0. The molecule has 0 N–H and O–H groups in total. The molecule has 1 aromatic heterocycles. The molecule has 0 saturated heterocycles. The van der Waals surface area contributed by atoms with Crippen molar-refractivity contribution in [3.05, 3.63) is 60.8 Å². The Kier molecular flexibility index (Phi) is 5.56. The van der Waals surface area contributed by atoms with Gasteiger partial charge in [0.15, 0.2) is 5.69 Å². The molecule has 0 atom stereocenters. The van der Waals surface area contributed by atoms with Gasteiger partial charge in [-0.3, -0.25) is 0 Å². The van der Waals surface area contributed by atoms with Crippen LogP contribution in [0.4, 0.5) is 0 Å². The van der Waals surface area contributed by atoms with Crippen LogP contribution >= 0.6 is 46.4 Å². The first-order valence-electron chi connectivity index (χ1n) is 6.24. The smallest absolute Gasteiger partial charge is 0.358 e. The number of hydrogen-bond acceptors (Lipinski definition) is 3. The van der Waals surface area contributed by atoms with Gasteiger partial charge in [0.05, 0.1) is 15.1 Å². The Balaban J connectivity index is 2.22. The molecule has 0 spiro atoms. The van der Waals surface area contributed by atoms with Crippen molar-refractivity contribution in [2.45, 2.75) is 20.5 Å². The summed E-state index contributed by atoms with van der Waals surface area (Å²) < 4.78 is 5.23. The summed E-state index contributed by atoms with van der Waals surface area (Å²) in [4.78, 5) is 15.9. The van der Waals surface area contributed by atoms with Gasteiger partial charge in [0.25, 0.3) is 0 Å². The predicted octanol–water partition coefficient (Wildman–Crippen LogP) is 5.67. The second-order valence-corrected chi connectivity index (χ2v) is 6.19. The molecular weight excluding hydrogens is 368 g/mol. The topological polar surface area (TPSA) is 39.2 Å². The second kappa shape index (κ2) is 7.05. The minimum Gasteiger partial charge on any atom is -0.456 e. The average Bonchev–Trinajstić information content (AvgIpc) is 2.49. The molecule has 22 heavy (non-hydrogen) atoms. The molecule has 3 nitrogen and oxygen atoms in total. The van der Waals surface area contributed by atoms with E-state index in [1.165, 1.54) is 0 Å². The van der Waals surface area contributed by atoms with E-state index in [4.69, 9.17) is 51.1 Å². The maximum Gasteiger partial charge on any atom is 0.358 e. The molecule has 0 unspecified atom stereocenters. The number of carbonyl (C=O) groups is 1. The van der Waals surface area contributed by atoms with Gasteiger partial charge in [-0.15, -0.1) is 0 Å². The zero-order chi connectivity index (χ0) is 16.4. The van der Waals surface area contributed by atoms with Crippen molar-refractivity contribution >= 4 is 52.4 Å². The maximum atomic E-state index is 12.1. The summed E-state index contributed by atoms with van der Waals surface area (Å²) in [5.74, 6) is -0.716. The van der Waals surface area contributed by atoms with Crippen molar-refractivity contribution in [2.24, 2.45) is 0 Å². The number of hydrogen-bond donors (Lipinski definition) is 0. The van der Waals surface area contributed by atoms with Crippen LogP contribution in [-0.4, -0.2) is 11.0 Å². The lowest BCUT2D eigenvalue weighted by Gasteiger charge is -2.10. The lowest BCUT2D eigenvalue weighted by Crippen LogP contribution is -2.09. The number of ether oxygens (including phenoxy) is 1. The Morgan fingerprint density at radius 1 is 1.09 bits per heavy atom. The van der Waals surface area contributed by atoms with Crippen molar-refractivity contribution in [2.75, 3.05) is 0 Å². The lowest BCUT2D eigenvalue weighted by molar-refractivity contribution is 0.0465. The van der Waals surface area contributed by atoms with Crippen molar-refractivity contribution in [1.29, 1.82) is 0 Å². The van der Waals surface area contributed by atoms with Gasteiger partial charge in [0.1, 0.15) is 11.8 Å². The van der Waals surface area contributed by atoms with Crippen LogP contribution in [0.5, 0.6) is 0 Å². The molecule has 0 radical (unpaired) electrons. The number of aryl methyl sites for hydroxylation is 2. The van der Waals surface area contributed by atoms with Gasteiger partial charge in [-0.25, -0.2) is 9.78 Å². The van der Waals surface area contributed by atoms with E-state index in [0.29, 0.717) is 0 Å². The highest BCUT2D eigenvalue weighted by Crippen LogP contribution is 2.36. The molecule has 0 aliphatic heterocycles. The number of esters is 1. The molecule has 0 amide bonds. The highest BCUT2D eigenvalue weighted by molar-refractivity contribution is 6.52. The van der Waals surface area contributed by atoms with E-state index in [1.54, 1.807) is 0 Å². The number of carbonyl (C=O) groups excluding carboxylic acids is 1. The van der Waals surface area contributed by atoms with Gasteiger partial charge in [0.2, 0.25) is 0 Å². The van der Waals surface area contributed by atoms with Gasteiger partial charge in [-0.2, -0.15) is 0 Å². The molecule has 0 aliphatic carbocycles. The normalized spacial score (nSPS) is 10.6. The van der Waals surface area contributed by atoms with E-state index in [9.17, 15) is 4.79 Å². The Bertz CT molecular complexity index is 747. The average molecular weight is 379 g/mol. The minimum atomic E-state index is -0.716. The van der Waals surface area contributed by atoms with Crippen molar-refractivity contribution in [3.8, 4) is 0 Å². The number of halogens is 4. The fraction of sp³-hybridized carbons (Fsp3) is 0.200. The fourth-order valence-corrected chi connectivity index (χ4v) is 2.60. The van der Waals surface area contributed by atoms with E-state index in [-0.39, 0.29) is 32.5 Å². The molecule has 0 saturated carbocycles. The van der Waals surface area contributed by atoms with Crippen LogP contribution in [0.25, 0.3) is 0 Å². The second-order valence-electron chi connectivity index (χ2n) is 4.70. The third-order valence-electron chi connectivity index (χ3n) is 3.04. The number of nitrogens with zero attached hydrogens (tertiary/aromatic N) is 1. The van der Waals surface area contributed by atoms with E-state index < -0.39 is 5.97 Å². The Morgan fingerprint density at radius 3 is 2.45 bits per heavy atom. The number of rotatable bonds is 3.